The van der Waals surface area contributed by atoms with Crippen molar-refractivity contribution >= 4 is 23.1 Å². The van der Waals surface area contributed by atoms with E-state index in [0.29, 0.717) is 12.6 Å². The first-order valence-corrected chi connectivity index (χ1v) is 9.06. The van der Waals surface area contributed by atoms with Crippen LogP contribution in [-0.4, -0.2) is 30.3 Å². The van der Waals surface area contributed by atoms with Crippen molar-refractivity contribution in [3.8, 4) is 5.75 Å². The van der Waals surface area contributed by atoms with Gasteiger partial charge >= 0.3 is 0 Å². The molecule has 4 N–H and O–H groups in total. The molecule has 1 aromatic carbocycles. The van der Waals surface area contributed by atoms with Crippen molar-refractivity contribution in [1.29, 1.82) is 0 Å². The van der Waals surface area contributed by atoms with Crippen LogP contribution in [0, 0.1) is 0 Å². The number of ether oxygens (including phenoxy) is 1. The second kappa shape index (κ2) is 10.3. The molecule has 1 aromatic heterocycles. The maximum atomic E-state index is 5.80. The predicted octanol–water partition coefficient (Wildman–Crippen LogP) is 3.94. The summed E-state index contributed by atoms with van der Waals surface area (Å²) in [6, 6.07) is 5.97. The van der Waals surface area contributed by atoms with E-state index < -0.39 is 0 Å². The molecule has 0 aliphatic carbocycles. The zero-order valence-corrected chi connectivity index (χ0v) is 15.9. The molecule has 0 amide bonds. The molecule has 2 rings (SSSR count). The van der Waals surface area contributed by atoms with Gasteiger partial charge in [-0.15, -0.1) is 0 Å². The lowest BCUT2D eigenvalue weighted by molar-refractivity contribution is 0.362. The first kappa shape index (κ1) is 19.6. The first-order chi connectivity index (χ1) is 12.6. The molecule has 0 unspecified atom stereocenters. The Bertz CT molecular complexity index is 785. The van der Waals surface area contributed by atoms with Gasteiger partial charge in [0.05, 0.1) is 6.21 Å². The van der Waals surface area contributed by atoms with Crippen molar-refractivity contribution in [1.82, 2.24) is 10.4 Å². The average Bonchev–Trinajstić information content (AvgIpc) is 3.01. The van der Waals surface area contributed by atoms with Gasteiger partial charge in [0.15, 0.2) is 0 Å². The maximum Gasteiger partial charge on any atom is 0.209 e. The smallest absolute Gasteiger partial charge is 0.209 e. The molecular weight excluding hydrogens is 326 g/mol. The maximum absolute atomic E-state index is 5.80. The minimum Gasteiger partial charge on any atom is -0.490 e. The second-order valence-corrected chi connectivity index (χ2v) is 6.39. The van der Waals surface area contributed by atoms with Gasteiger partial charge in [-0.1, -0.05) is 25.3 Å². The first-order valence-electron chi connectivity index (χ1n) is 9.06. The molecule has 0 saturated heterocycles. The molecule has 0 saturated carbocycles. The Hall–Kier alpha value is -2.76. The summed E-state index contributed by atoms with van der Waals surface area (Å²) >= 11 is 0. The van der Waals surface area contributed by atoms with Crippen molar-refractivity contribution in [2.24, 2.45) is 15.8 Å². The van der Waals surface area contributed by atoms with Crippen LogP contribution in [0.15, 0.2) is 46.1 Å². The van der Waals surface area contributed by atoms with E-state index in [4.69, 9.17) is 10.5 Å². The van der Waals surface area contributed by atoms with E-state index >= 15 is 0 Å². The van der Waals surface area contributed by atoms with E-state index in [1.54, 1.807) is 6.21 Å². The SMILES string of the molecule is CCCCCN=C(N)N/N=C/c1c[nH]c2ccc(OCC=C(C)C)cc12. The van der Waals surface area contributed by atoms with Gasteiger partial charge in [-0.25, -0.2) is 5.43 Å². The number of unbranched alkanes of at least 4 members (excludes halogenated alkanes) is 2. The Morgan fingerprint density at radius 2 is 2.15 bits per heavy atom. The molecule has 1 heterocycles. The molecule has 0 aliphatic heterocycles. The Balaban J connectivity index is 1.99. The fourth-order valence-electron chi connectivity index (χ4n) is 2.39. The molecular formula is C20H29N5O. The number of hydrogen-bond donors (Lipinski definition) is 3. The number of allylic oxidation sites excluding steroid dienone is 1. The normalized spacial score (nSPS) is 11.9. The third-order valence-electron chi connectivity index (χ3n) is 3.85. The summed E-state index contributed by atoms with van der Waals surface area (Å²) in [5, 5.41) is 5.22. The fraction of sp³-hybridized carbons (Fsp3) is 0.400. The van der Waals surface area contributed by atoms with Crippen LogP contribution in [0.2, 0.25) is 0 Å². The number of hydrogen-bond acceptors (Lipinski definition) is 3. The molecule has 0 aliphatic rings. The van der Waals surface area contributed by atoms with Crippen LogP contribution < -0.4 is 15.9 Å². The summed E-state index contributed by atoms with van der Waals surface area (Å²) in [6.07, 6.45) is 9.06. The monoisotopic (exact) mass is 355 g/mol. The number of hydrazone groups is 1. The highest BCUT2D eigenvalue weighted by Crippen LogP contribution is 2.23. The summed E-state index contributed by atoms with van der Waals surface area (Å²) in [5.74, 6) is 1.16. The third-order valence-corrected chi connectivity index (χ3v) is 3.85. The van der Waals surface area contributed by atoms with E-state index in [-0.39, 0.29) is 0 Å². The van der Waals surface area contributed by atoms with Gasteiger partial charge in [-0.2, -0.15) is 5.10 Å². The average molecular weight is 355 g/mol. The molecule has 0 atom stereocenters. The number of aliphatic imine (C=N–C) groups is 1. The lowest BCUT2D eigenvalue weighted by Crippen LogP contribution is -2.27. The molecule has 26 heavy (non-hydrogen) atoms. The number of H-pyrrole nitrogens is 1. The van der Waals surface area contributed by atoms with Crippen molar-refractivity contribution in [3.05, 3.63) is 41.6 Å². The number of nitrogens with zero attached hydrogens (tertiary/aromatic N) is 2. The van der Waals surface area contributed by atoms with Crippen molar-refractivity contribution in [3.63, 3.8) is 0 Å². The van der Waals surface area contributed by atoms with Crippen LogP contribution in [0.1, 0.15) is 45.6 Å². The molecule has 6 heteroatoms. The Morgan fingerprint density at radius 1 is 1.31 bits per heavy atom. The van der Waals surface area contributed by atoms with E-state index in [1.807, 2.05) is 24.4 Å². The molecule has 6 nitrogen and oxygen atoms in total. The molecule has 0 radical (unpaired) electrons. The van der Waals surface area contributed by atoms with Gasteiger partial charge in [0.25, 0.3) is 0 Å². The van der Waals surface area contributed by atoms with Crippen LogP contribution in [0.5, 0.6) is 5.75 Å². The molecule has 0 fully saturated rings. The summed E-state index contributed by atoms with van der Waals surface area (Å²) in [7, 11) is 0. The molecule has 0 bridgehead atoms. The van der Waals surface area contributed by atoms with Crippen molar-refractivity contribution < 1.29 is 4.74 Å². The number of benzene rings is 1. The van der Waals surface area contributed by atoms with Crippen LogP contribution in [0.3, 0.4) is 0 Å². The molecule has 2 aromatic rings. The van der Waals surface area contributed by atoms with Gasteiger partial charge in [0.1, 0.15) is 12.4 Å². The Labute approximate surface area is 155 Å². The van der Waals surface area contributed by atoms with Gasteiger partial charge in [-0.3, -0.25) is 4.99 Å². The number of fused-ring (bicyclic) bond motifs is 1. The highest BCUT2D eigenvalue weighted by Gasteiger charge is 2.03. The number of aromatic nitrogens is 1. The zero-order valence-electron chi connectivity index (χ0n) is 15.9. The predicted molar refractivity (Wildman–Crippen MR) is 110 cm³/mol. The minimum absolute atomic E-state index is 0.336. The van der Waals surface area contributed by atoms with Gasteiger partial charge in [0.2, 0.25) is 5.96 Å². The summed E-state index contributed by atoms with van der Waals surface area (Å²) in [4.78, 5) is 7.47. The Kier molecular flexibility index (Phi) is 7.74. The Morgan fingerprint density at radius 3 is 2.92 bits per heavy atom. The van der Waals surface area contributed by atoms with Crippen LogP contribution in [0.25, 0.3) is 10.9 Å². The van der Waals surface area contributed by atoms with E-state index in [0.717, 1.165) is 41.6 Å². The van der Waals surface area contributed by atoms with Crippen molar-refractivity contribution in [2.75, 3.05) is 13.2 Å². The quantitative estimate of drug-likeness (QED) is 0.209. The largest absolute Gasteiger partial charge is 0.490 e. The number of guanidine groups is 1. The fourth-order valence-corrected chi connectivity index (χ4v) is 2.39. The molecule has 140 valence electrons. The van der Waals surface area contributed by atoms with Crippen molar-refractivity contribution in [2.45, 2.75) is 40.0 Å². The summed E-state index contributed by atoms with van der Waals surface area (Å²) in [5.41, 5.74) is 11.8. The topological polar surface area (TPSA) is 87.8 Å². The summed E-state index contributed by atoms with van der Waals surface area (Å²) in [6.45, 7) is 7.56. The minimum atomic E-state index is 0.336. The highest BCUT2D eigenvalue weighted by atomic mass is 16.5. The van der Waals surface area contributed by atoms with E-state index in [1.165, 1.54) is 12.0 Å². The highest BCUT2D eigenvalue weighted by molar-refractivity contribution is 5.99. The number of rotatable bonds is 9. The van der Waals surface area contributed by atoms with Gasteiger partial charge in [0, 0.05) is 29.2 Å². The molecule has 0 spiro atoms. The van der Waals surface area contributed by atoms with Crippen LogP contribution in [-0.2, 0) is 0 Å². The lowest BCUT2D eigenvalue weighted by Gasteiger charge is -2.04. The number of nitrogens with one attached hydrogen (secondary N) is 2. The van der Waals surface area contributed by atoms with E-state index in [2.05, 4.69) is 47.4 Å². The van der Waals surface area contributed by atoms with Gasteiger partial charge < -0.3 is 15.5 Å². The third kappa shape index (κ3) is 6.27. The standard InChI is InChI=1S/C20H29N5O/c1-4-5-6-10-22-20(21)25-24-14-16-13-23-19-8-7-17(12-18(16)19)26-11-9-15(2)3/h7-9,12-14,23H,4-6,10-11H2,1-3H3,(H3,21,22,25)/b24-14+. The van der Waals surface area contributed by atoms with Crippen LogP contribution in [0.4, 0.5) is 0 Å². The van der Waals surface area contributed by atoms with Gasteiger partial charge in [-0.05, 0) is 44.5 Å². The number of aromatic amines is 1. The lowest BCUT2D eigenvalue weighted by atomic mass is 10.2. The number of nitrogens with two attached hydrogens (primary N) is 1. The zero-order chi connectivity index (χ0) is 18.8. The van der Waals surface area contributed by atoms with Crippen LogP contribution >= 0.6 is 0 Å². The second-order valence-electron chi connectivity index (χ2n) is 6.39. The van der Waals surface area contributed by atoms with E-state index in [9.17, 15) is 0 Å². The summed E-state index contributed by atoms with van der Waals surface area (Å²) < 4.78 is 5.77.